The van der Waals surface area contributed by atoms with Crippen molar-refractivity contribution in [2.24, 2.45) is 0 Å². The summed E-state index contributed by atoms with van der Waals surface area (Å²) >= 11 is 33.9. The van der Waals surface area contributed by atoms with Crippen molar-refractivity contribution in [3.05, 3.63) is 0 Å². The fourth-order valence-corrected chi connectivity index (χ4v) is 6.57. The van der Waals surface area contributed by atoms with Gasteiger partial charge in [0.15, 0.2) is 0 Å². The van der Waals surface area contributed by atoms with Crippen LogP contribution in [0.25, 0.3) is 0 Å². The third-order valence-electron chi connectivity index (χ3n) is 0.937. The van der Waals surface area contributed by atoms with E-state index in [4.69, 9.17) is 67.4 Å². The first-order chi connectivity index (χ1) is 4.02. The molecule has 1 aliphatic rings. The Labute approximate surface area is 86.4 Å². The second-order valence-corrected chi connectivity index (χ2v) is 29.6. The molecule has 0 spiro atoms. The summed E-state index contributed by atoms with van der Waals surface area (Å²) in [6.45, 7) is 0. The van der Waals surface area contributed by atoms with Crippen LogP contribution in [0, 0.1) is 0 Å². The molecule has 1 aliphatic heterocycles. The van der Waals surface area contributed by atoms with E-state index < -0.39 is 9.00 Å². The first-order valence-electron chi connectivity index (χ1n) is 1.91. The molecule has 0 aromatic carbocycles. The summed E-state index contributed by atoms with van der Waals surface area (Å²) in [5.41, 5.74) is 0. The summed E-state index contributed by atoms with van der Waals surface area (Å²) < 4.78 is -7.56. The Hall–Kier alpha value is 2.52. The number of halogens is 6. The summed E-state index contributed by atoms with van der Waals surface area (Å²) in [6, 6.07) is 0. The van der Waals surface area contributed by atoms with Gasteiger partial charge in [-0.15, -0.1) is 0 Å². The van der Waals surface area contributed by atoms with E-state index in [1.54, 1.807) is 0 Å². The molecular weight excluding hydrogens is 303 g/mol. The number of hydrogen-bond donors (Lipinski definition) is 2. The topological polar surface area (TPSA) is 24.1 Å². The van der Waals surface area contributed by atoms with Gasteiger partial charge in [-0.3, -0.25) is 0 Å². The van der Waals surface area contributed by atoms with E-state index in [1.165, 1.54) is 0 Å². The van der Waals surface area contributed by atoms with E-state index in [-0.39, 0.29) is 0 Å². The second kappa shape index (κ2) is 2.12. The molecule has 64 valence electrons. The van der Waals surface area contributed by atoms with E-state index in [9.17, 15) is 0 Å². The Bertz CT molecular complexity index is 159. The Kier molecular flexibility index (Phi) is 2.25. The molecule has 10 heavy (non-hydrogen) atoms. The molecule has 0 unspecified atom stereocenters. The van der Waals surface area contributed by atoms with Crippen molar-refractivity contribution in [2.75, 3.05) is 0 Å². The van der Waals surface area contributed by atoms with Crippen LogP contribution in [0.15, 0.2) is 0 Å². The normalized spacial score (nSPS) is 46.6. The van der Waals surface area contributed by atoms with Crippen molar-refractivity contribution in [1.82, 2.24) is 10.4 Å². The molecule has 1 rings (SSSR count). The van der Waals surface area contributed by atoms with Crippen molar-refractivity contribution < 1.29 is 0 Å². The standard InChI is InChI=1S/Cl6H2N2P2/c1-9(2,3)7-8-10(9,4,5)6/h7-8H. The Morgan fingerprint density at radius 1 is 0.600 bits per heavy atom. The van der Waals surface area contributed by atoms with Crippen molar-refractivity contribution in [3.8, 4) is 0 Å². The van der Waals surface area contributed by atoms with E-state index in [2.05, 4.69) is 10.4 Å². The number of nitrogens with one attached hydrogen (secondary N) is 2. The van der Waals surface area contributed by atoms with Gasteiger partial charge in [-0.05, 0) is 0 Å². The van der Waals surface area contributed by atoms with Crippen LogP contribution in [0.2, 0.25) is 0 Å². The summed E-state index contributed by atoms with van der Waals surface area (Å²) in [5, 5.41) is 4.66. The first kappa shape index (κ1) is 10.6. The molecule has 2 nitrogen and oxygen atoms in total. The Morgan fingerprint density at radius 2 is 0.800 bits per heavy atom. The van der Waals surface area contributed by atoms with Crippen LogP contribution in [0.1, 0.15) is 0 Å². The quantitative estimate of drug-likeness (QED) is 0.624. The molecule has 0 atom stereocenters. The average Bonchev–Trinajstić information content (AvgIpc) is 1.60. The predicted octanol–water partition coefficient (Wildman–Crippen LogP) is 4.87. The van der Waals surface area contributed by atoms with Gasteiger partial charge in [0.1, 0.15) is 0 Å². The summed E-state index contributed by atoms with van der Waals surface area (Å²) in [7, 11) is 0. The zero-order valence-corrected chi connectivity index (χ0v) is 10.5. The third-order valence-corrected chi connectivity index (χ3v) is 31.0. The van der Waals surface area contributed by atoms with Gasteiger partial charge in [0, 0.05) is 0 Å². The van der Waals surface area contributed by atoms with E-state index in [1.807, 2.05) is 0 Å². The fourth-order valence-electron chi connectivity index (χ4n) is 0.277. The predicted molar refractivity (Wildman–Crippen MR) is 55.2 cm³/mol. The molecular formula is H2Cl6N2P2. The summed E-state index contributed by atoms with van der Waals surface area (Å²) in [5.74, 6) is 0. The Morgan fingerprint density at radius 3 is 0.800 bits per heavy atom. The van der Waals surface area contributed by atoms with Crippen LogP contribution in [-0.4, -0.2) is 0 Å². The van der Waals surface area contributed by atoms with Crippen molar-refractivity contribution in [2.45, 2.75) is 0 Å². The van der Waals surface area contributed by atoms with Crippen LogP contribution in [0.5, 0.6) is 0 Å². The minimum atomic E-state index is -3.78. The maximum atomic E-state index is 5.64. The van der Waals surface area contributed by atoms with Gasteiger partial charge in [0.25, 0.3) is 0 Å². The monoisotopic (exact) mass is 302 g/mol. The van der Waals surface area contributed by atoms with Crippen LogP contribution in [-0.2, 0) is 0 Å². The molecule has 2 N–H and O–H groups in total. The molecule has 0 aromatic heterocycles. The molecule has 0 saturated carbocycles. The van der Waals surface area contributed by atoms with E-state index >= 15 is 0 Å². The summed E-state index contributed by atoms with van der Waals surface area (Å²) in [6.07, 6.45) is 0. The number of rotatable bonds is 0. The van der Waals surface area contributed by atoms with E-state index in [0.717, 1.165) is 0 Å². The Balaban J connectivity index is 3.10. The van der Waals surface area contributed by atoms with Crippen LogP contribution in [0.3, 0.4) is 0 Å². The molecule has 1 fully saturated rings. The maximum absolute atomic E-state index is 5.64. The molecule has 0 amide bonds. The molecule has 1 saturated heterocycles. The van der Waals surface area contributed by atoms with E-state index in [0.29, 0.717) is 0 Å². The van der Waals surface area contributed by atoms with Gasteiger partial charge in [-0.2, -0.15) is 0 Å². The molecule has 0 aromatic rings. The van der Waals surface area contributed by atoms with Gasteiger partial charge < -0.3 is 0 Å². The first-order valence-corrected chi connectivity index (χ1v) is 12.5. The van der Waals surface area contributed by atoms with Crippen molar-refractivity contribution >= 4 is 76.4 Å². The molecule has 0 bridgehead atoms. The molecule has 0 aliphatic carbocycles. The van der Waals surface area contributed by atoms with Crippen molar-refractivity contribution in [1.29, 1.82) is 0 Å². The number of hydrogen-bond acceptors (Lipinski definition) is 2. The average molecular weight is 305 g/mol. The van der Waals surface area contributed by atoms with Crippen LogP contribution < -0.4 is 10.4 Å². The van der Waals surface area contributed by atoms with Crippen LogP contribution >= 0.6 is 76.4 Å². The van der Waals surface area contributed by atoms with Gasteiger partial charge in [-0.1, -0.05) is 0 Å². The number of hydrazine groups is 1. The fraction of sp³-hybridized carbons (Fsp3) is 0. The molecule has 10 heteroatoms. The van der Waals surface area contributed by atoms with Gasteiger partial charge >= 0.3 is 86.8 Å². The molecule has 0 radical (unpaired) electrons. The SMILES string of the molecule is ClP1(Cl)(Cl)NNP1(Cl)(Cl)Cl. The van der Waals surface area contributed by atoms with Gasteiger partial charge in [0.2, 0.25) is 0 Å². The van der Waals surface area contributed by atoms with Gasteiger partial charge in [0.05, 0.1) is 0 Å². The van der Waals surface area contributed by atoms with Crippen molar-refractivity contribution in [3.63, 3.8) is 0 Å². The third kappa shape index (κ3) is 1.26. The summed E-state index contributed by atoms with van der Waals surface area (Å²) in [4.78, 5) is 0. The minimum absolute atomic E-state index is 2.33. The molecule has 1 heterocycles. The zero-order valence-electron chi connectivity index (χ0n) is 4.16. The zero-order chi connectivity index (χ0) is 8.31. The van der Waals surface area contributed by atoms with Crippen LogP contribution in [0.4, 0.5) is 0 Å². The van der Waals surface area contributed by atoms with Gasteiger partial charge in [-0.25, -0.2) is 0 Å². The second-order valence-electron chi connectivity index (χ2n) is 1.77.